The average Bonchev–Trinajstić information content (AvgIpc) is 2.76. The molecule has 5 nitrogen and oxygen atoms in total. The van der Waals surface area contributed by atoms with Gasteiger partial charge in [0.25, 0.3) is 5.91 Å². The van der Waals surface area contributed by atoms with Crippen LogP contribution in [0.3, 0.4) is 0 Å². The quantitative estimate of drug-likeness (QED) is 0.905. The average molecular weight is 365 g/mol. The highest BCUT2D eigenvalue weighted by atomic mass is 79.9. The van der Waals surface area contributed by atoms with E-state index in [0.29, 0.717) is 22.6 Å². The highest BCUT2D eigenvalue weighted by Gasteiger charge is 2.29. The van der Waals surface area contributed by atoms with Crippen LogP contribution in [0, 0.1) is 13.8 Å². The van der Waals surface area contributed by atoms with E-state index < -0.39 is 11.9 Å². The number of furan rings is 1. The zero-order valence-electron chi connectivity index (χ0n) is 12.6. The number of hydrogen-bond acceptors (Lipinski definition) is 3. The molecule has 0 saturated heterocycles. The first kappa shape index (κ1) is 16.3. The molecule has 0 aliphatic rings. The Kier molecular flexibility index (Phi) is 4.71. The van der Waals surface area contributed by atoms with Gasteiger partial charge in [0.1, 0.15) is 17.6 Å². The summed E-state index contributed by atoms with van der Waals surface area (Å²) in [6, 6.07) is 7.98. The summed E-state index contributed by atoms with van der Waals surface area (Å²) in [4.78, 5) is 25.8. The second-order valence-corrected chi connectivity index (χ2v) is 6.02. The van der Waals surface area contributed by atoms with Crippen LogP contribution in [0.4, 0.5) is 0 Å². The van der Waals surface area contributed by atoms with Crippen LogP contribution < -0.4 is 5.73 Å². The topological polar surface area (TPSA) is 76.5 Å². The summed E-state index contributed by atoms with van der Waals surface area (Å²) in [6.07, 6.45) is 0. The third-order valence-corrected chi connectivity index (χ3v) is 3.91. The standard InChI is InChI=1S/C16H17BrN2O3/c1-9-7-13(10(2)22-9)16(21)19(3)14(15(18)20)11-5-4-6-12(17)8-11/h4-8,14H,1-3H3,(H2,18,20)/t14-/m1/s1. The van der Waals surface area contributed by atoms with Gasteiger partial charge < -0.3 is 15.1 Å². The van der Waals surface area contributed by atoms with E-state index in [-0.39, 0.29) is 5.91 Å². The first-order valence-electron chi connectivity index (χ1n) is 6.70. The number of hydrogen-bond donors (Lipinski definition) is 1. The second kappa shape index (κ2) is 6.36. The van der Waals surface area contributed by atoms with Crippen LogP contribution >= 0.6 is 15.9 Å². The number of carbonyl (C=O) groups excluding carboxylic acids is 2. The van der Waals surface area contributed by atoms with Crippen molar-refractivity contribution < 1.29 is 14.0 Å². The van der Waals surface area contributed by atoms with Crippen LogP contribution in [0.1, 0.15) is 33.5 Å². The number of halogens is 1. The summed E-state index contributed by atoms with van der Waals surface area (Å²) in [5.41, 5.74) is 6.59. The van der Waals surface area contributed by atoms with Gasteiger partial charge in [-0.05, 0) is 37.6 Å². The molecule has 1 atom stereocenters. The Balaban J connectivity index is 2.38. The Morgan fingerprint density at radius 2 is 1.95 bits per heavy atom. The number of nitrogens with two attached hydrogens (primary N) is 1. The van der Waals surface area contributed by atoms with Gasteiger partial charge in [-0.1, -0.05) is 28.1 Å². The molecule has 0 unspecified atom stereocenters. The van der Waals surface area contributed by atoms with E-state index in [2.05, 4.69) is 15.9 Å². The van der Waals surface area contributed by atoms with E-state index >= 15 is 0 Å². The van der Waals surface area contributed by atoms with Gasteiger partial charge in [-0.15, -0.1) is 0 Å². The monoisotopic (exact) mass is 364 g/mol. The zero-order chi connectivity index (χ0) is 16.4. The lowest BCUT2D eigenvalue weighted by molar-refractivity contribution is -0.122. The van der Waals surface area contributed by atoms with Gasteiger partial charge in [-0.3, -0.25) is 9.59 Å². The lowest BCUT2D eigenvalue weighted by atomic mass is 10.0. The number of amides is 2. The second-order valence-electron chi connectivity index (χ2n) is 5.10. The van der Waals surface area contributed by atoms with E-state index in [1.165, 1.54) is 4.90 Å². The van der Waals surface area contributed by atoms with E-state index in [1.54, 1.807) is 45.2 Å². The Bertz CT molecular complexity index is 724. The van der Waals surface area contributed by atoms with E-state index in [0.717, 1.165) is 4.47 Å². The Morgan fingerprint density at radius 3 is 2.45 bits per heavy atom. The number of aryl methyl sites for hydroxylation is 2. The van der Waals surface area contributed by atoms with Crippen LogP contribution in [0.15, 0.2) is 39.2 Å². The molecule has 0 spiro atoms. The smallest absolute Gasteiger partial charge is 0.258 e. The summed E-state index contributed by atoms with van der Waals surface area (Å²) in [6.45, 7) is 3.48. The maximum Gasteiger partial charge on any atom is 0.258 e. The molecule has 2 N–H and O–H groups in total. The predicted octanol–water partition coefficient (Wildman–Crippen LogP) is 2.96. The molecule has 2 amide bonds. The number of rotatable bonds is 4. The van der Waals surface area contributed by atoms with Gasteiger partial charge in [0, 0.05) is 11.5 Å². The minimum atomic E-state index is -0.848. The maximum atomic E-state index is 12.6. The SMILES string of the molecule is Cc1cc(C(=O)N(C)[C@@H](C(N)=O)c2cccc(Br)c2)c(C)o1. The van der Waals surface area contributed by atoms with Crippen LogP contribution in [-0.2, 0) is 4.79 Å². The van der Waals surface area contributed by atoms with Crippen molar-refractivity contribution in [3.8, 4) is 0 Å². The van der Waals surface area contributed by atoms with E-state index in [9.17, 15) is 9.59 Å². The Labute approximate surface area is 137 Å². The highest BCUT2D eigenvalue weighted by molar-refractivity contribution is 9.10. The molecule has 0 fully saturated rings. The van der Waals surface area contributed by atoms with Crippen LogP contribution in [-0.4, -0.2) is 23.8 Å². The third-order valence-electron chi connectivity index (χ3n) is 3.41. The van der Waals surface area contributed by atoms with Crippen molar-refractivity contribution in [1.82, 2.24) is 4.90 Å². The minimum absolute atomic E-state index is 0.307. The number of nitrogens with zero attached hydrogens (tertiary/aromatic N) is 1. The first-order chi connectivity index (χ1) is 10.3. The van der Waals surface area contributed by atoms with E-state index in [4.69, 9.17) is 10.2 Å². The minimum Gasteiger partial charge on any atom is -0.466 e. The van der Waals surface area contributed by atoms with Crippen LogP contribution in [0.5, 0.6) is 0 Å². The fourth-order valence-electron chi connectivity index (χ4n) is 2.41. The molecular weight excluding hydrogens is 348 g/mol. The molecule has 1 aromatic heterocycles. The molecule has 0 aliphatic heterocycles. The molecule has 2 aromatic rings. The van der Waals surface area contributed by atoms with Gasteiger partial charge in [-0.25, -0.2) is 0 Å². The van der Waals surface area contributed by atoms with Crippen molar-refractivity contribution in [2.75, 3.05) is 7.05 Å². The zero-order valence-corrected chi connectivity index (χ0v) is 14.2. The molecule has 1 aromatic carbocycles. The number of likely N-dealkylation sites (N-methyl/N-ethyl adjacent to an activating group) is 1. The molecule has 1 heterocycles. The van der Waals surface area contributed by atoms with Gasteiger partial charge in [0.05, 0.1) is 5.56 Å². The summed E-state index contributed by atoms with van der Waals surface area (Å²) >= 11 is 3.36. The molecule has 6 heteroatoms. The summed E-state index contributed by atoms with van der Waals surface area (Å²) in [5, 5.41) is 0. The van der Waals surface area contributed by atoms with Crippen molar-refractivity contribution in [2.24, 2.45) is 5.73 Å². The van der Waals surface area contributed by atoms with E-state index in [1.807, 2.05) is 6.07 Å². The molecule has 0 bridgehead atoms. The van der Waals surface area contributed by atoms with Gasteiger partial charge >= 0.3 is 0 Å². The largest absolute Gasteiger partial charge is 0.466 e. The Morgan fingerprint density at radius 1 is 1.27 bits per heavy atom. The van der Waals surface area contributed by atoms with Crippen LogP contribution in [0.2, 0.25) is 0 Å². The first-order valence-corrected chi connectivity index (χ1v) is 7.49. The molecule has 0 radical (unpaired) electrons. The molecule has 2 rings (SSSR count). The van der Waals surface area contributed by atoms with Crippen molar-refractivity contribution in [3.63, 3.8) is 0 Å². The third kappa shape index (κ3) is 3.22. The fourth-order valence-corrected chi connectivity index (χ4v) is 2.82. The summed E-state index contributed by atoms with van der Waals surface area (Å²) in [5.74, 6) is 0.268. The van der Waals surface area contributed by atoms with Gasteiger partial charge in [0.15, 0.2) is 0 Å². The molecule has 116 valence electrons. The highest BCUT2D eigenvalue weighted by Crippen LogP contribution is 2.25. The lowest BCUT2D eigenvalue weighted by Crippen LogP contribution is -2.39. The molecule has 22 heavy (non-hydrogen) atoms. The molecular formula is C16H17BrN2O3. The number of benzene rings is 1. The lowest BCUT2D eigenvalue weighted by Gasteiger charge is -2.26. The normalized spacial score (nSPS) is 12.0. The number of primary amides is 1. The summed E-state index contributed by atoms with van der Waals surface area (Å²) < 4.78 is 6.19. The Hall–Kier alpha value is -2.08. The van der Waals surface area contributed by atoms with Crippen LogP contribution in [0.25, 0.3) is 0 Å². The maximum absolute atomic E-state index is 12.6. The molecule has 0 aliphatic carbocycles. The summed E-state index contributed by atoms with van der Waals surface area (Å²) in [7, 11) is 1.56. The predicted molar refractivity (Wildman–Crippen MR) is 86.4 cm³/mol. The van der Waals surface area contributed by atoms with Crippen molar-refractivity contribution in [3.05, 3.63) is 57.5 Å². The van der Waals surface area contributed by atoms with Crippen molar-refractivity contribution in [2.45, 2.75) is 19.9 Å². The van der Waals surface area contributed by atoms with Gasteiger partial charge in [-0.2, -0.15) is 0 Å². The number of carbonyl (C=O) groups is 2. The molecule has 0 saturated carbocycles. The van der Waals surface area contributed by atoms with Gasteiger partial charge in [0.2, 0.25) is 5.91 Å². The fraction of sp³-hybridized carbons (Fsp3) is 0.250. The van der Waals surface area contributed by atoms with Crippen molar-refractivity contribution >= 4 is 27.7 Å². The van der Waals surface area contributed by atoms with Crippen molar-refractivity contribution in [1.29, 1.82) is 0 Å².